The van der Waals surface area contributed by atoms with E-state index >= 15 is 0 Å². The quantitative estimate of drug-likeness (QED) is 0.813. The van der Waals surface area contributed by atoms with Crippen LogP contribution in [0.1, 0.15) is 25.0 Å². The third kappa shape index (κ3) is 5.48. The molecule has 0 atom stereocenters. The van der Waals surface area contributed by atoms with Gasteiger partial charge in [0.1, 0.15) is 5.82 Å². The standard InChI is InChI=1S/C14H18FNO/c1-11(2)9-17-10-13-6-12(4-3-5-16)7-14(15)8-13/h6-8,11H,5,9-10,16H2,1-2H3. The van der Waals surface area contributed by atoms with Crippen molar-refractivity contribution in [3.63, 3.8) is 0 Å². The van der Waals surface area contributed by atoms with Crippen molar-refractivity contribution < 1.29 is 9.13 Å². The minimum Gasteiger partial charge on any atom is -0.377 e. The molecule has 3 heteroatoms. The molecular formula is C14H18FNO. The highest BCUT2D eigenvalue weighted by Crippen LogP contribution is 2.10. The predicted octanol–water partition coefficient (Wildman–Crippen LogP) is 2.31. The maximum Gasteiger partial charge on any atom is 0.124 e. The molecule has 0 spiro atoms. The summed E-state index contributed by atoms with van der Waals surface area (Å²) >= 11 is 0. The molecule has 0 aliphatic rings. The van der Waals surface area contributed by atoms with Crippen molar-refractivity contribution in [2.45, 2.75) is 20.5 Å². The SMILES string of the molecule is CC(C)COCc1cc(F)cc(C#CCN)c1. The van der Waals surface area contributed by atoms with Crippen LogP contribution in [0.3, 0.4) is 0 Å². The maximum absolute atomic E-state index is 13.3. The fourth-order valence-electron chi connectivity index (χ4n) is 1.37. The normalized spacial score (nSPS) is 10.2. The number of ether oxygens (including phenoxy) is 1. The number of hydrogen-bond donors (Lipinski definition) is 1. The van der Waals surface area contributed by atoms with Crippen LogP contribution in [0.25, 0.3) is 0 Å². The second kappa shape index (κ2) is 7.05. The van der Waals surface area contributed by atoms with E-state index < -0.39 is 0 Å². The highest BCUT2D eigenvalue weighted by molar-refractivity contribution is 5.37. The van der Waals surface area contributed by atoms with Gasteiger partial charge in [0.15, 0.2) is 0 Å². The average molecular weight is 235 g/mol. The van der Waals surface area contributed by atoms with Gasteiger partial charge >= 0.3 is 0 Å². The van der Waals surface area contributed by atoms with Gasteiger partial charge in [0, 0.05) is 12.2 Å². The van der Waals surface area contributed by atoms with Crippen LogP contribution in [0.4, 0.5) is 4.39 Å². The largest absolute Gasteiger partial charge is 0.377 e. The number of halogens is 1. The first kappa shape index (κ1) is 13.7. The minimum atomic E-state index is -0.294. The molecule has 2 N–H and O–H groups in total. The number of benzene rings is 1. The van der Waals surface area contributed by atoms with E-state index in [0.717, 1.165) is 5.56 Å². The Morgan fingerprint density at radius 3 is 2.76 bits per heavy atom. The fourth-order valence-corrected chi connectivity index (χ4v) is 1.37. The zero-order valence-electron chi connectivity index (χ0n) is 10.3. The van der Waals surface area contributed by atoms with Crippen molar-refractivity contribution in [2.24, 2.45) is 11.7 Å². The van der Waals surface area contributed by atoms with Gasteiger partial charge in [-0.15, -0.1) is 0 Å². The fraction of sp³-hybridized carbons (Fsp3) is 0.429. The smallest absolute Gasteiger partial charge is 0.124 e. The van der Waals surface area contributed by atoms with Gasteiger partial charge in [0.25, 0.3) is 0 Å². The van der Waals surface area contributed by atoms with Crippen molar-refractivity contribution in [1.82, 2.24) is 0 Å². The maximum atomic E-state index is 13.3. The Hall–Kier alpha value is -1.37. The summed E-state index contributed by atoms with van der Waals surface area (Å²) in [5, 5.41) is 0. The Morgan fingerprint density at radius 2 is 2.12 bits per heavy atom. The van der Waals surface area contributed by atoms with E-state index in [1.807, 2.05) is 6.07 Å². The Bertz CT molecular complexity index is 418. The summed E-state index contributed by atoms with van der Waals surface area (Å²) in [4.78, 5) is 0. The summed E-state index contributed by atoms with van der Waals surface area (Å²) < 4.78 is 18.7. The van der Waals surface area contributed by atoms with E-state index in [0.29, 0.717) is 24.7 Å². The summed E-state index contributed by atoms with van der Waals surface area (Å²) in [6.07, 6.45) is 0. The van der Waals surface area contributed by atoms with Gasteiger partial charge in [-0.25, -0.2) is 4.39 Å². The number of nitrogens with two attached hydrogens (primary N) is 1. The Labute approximate surface area is 102 Å². The molecule has 0 radical (unpaired) electrons. The van der Waals surface area contributed by atoms with Crippen molar-refractivity contribution in [2.75, 3.05) is 13.2 Å². The zero-order chi connectivity index (χ0) is 12.7. The van der Waals surface area contributed by atoms with Gasteiger partial charge in [-0.2, -0.15) is 0 Å². The van der Waals surface area contributed by atoms with E-state index in [2.05, 4.69) is 25.7 Å². The van der Waals surface area contributed by atoms with Crippen LogP contribution >= 0.6 is 0 Å². The molecule has 0 aliphatic carbocycles. The first-order valence-electron chi connectivity index (χ1n) is 5.68. The summed E-state index contributed by atoms with van der Waals surface area (Å²) in [7, 11) is 0. The first-order valence-corrected chi connectivity index (χ1v) is 5.68. The number of rotatable bonds is 4. The van der Waals surface area contributed by atoms with Crippen molar-refractivity contribution in [1.29, 1.82) is 0 Å². The summed E-state index contributed by atoms with van der Waals surface area (Å²) in [5.41, 5.74) is 6.71. The zero-order valence-corrected chi connectivity index (χ0v) is 10.3. The molecule has 0 bridgehead atoms. The molecule has 0 aromatic heterocycles. The molecule has 0 amide bonds. The van der Waals surface area contributed by atoms with Crippen LogP contribution in [0.2, 0.25) is 0 Å². The summed E-state index contributed by atoms with van der Waals surface area (Å²) in [6.45, 7) is 5.50. The van der Waals surface area contributed by atoms with Gasteiger partial charge < -0.3 is 10.5 Å². The van der Waals surface area contributed by atoms with Gasteiger partial charge in [0.2, 0.25) is 0 Å². The summed E-state index contributed by atoms with van der Waals surface area (Å²) in [6, 6.07) is 4.69. The van der Waals surface area contributed by atoms with Gasteiger partial charge in [-0.3, -0.25) is 0 Å². The van der Waals surface area contributed by atoms with Gasteiger partial charge in [0.05, 0.1) is 13.2 Å². The predicted molar refractivity (Wildman–Crippen MR) is 66.8 cm³/mol. The second-order valence-corrected chi connectivity index (χ2v) is 4.26. The van der Waals surface area contributed by atoms with Crippen LogP contribution < -0.4 is 5.73 Å². The molecule has 0 heterocycles. The van der Waals surface area contributed by atoms with E-state index in [1.54, 1.807) is 0 Å². The first-order chi connectivity index (χ1) is 8.11. The lowest BCUT2D eigenvalue weighted by Crippen LogP contribution is -2.02. The highest BCUT2D eigenvalue weighted by Gasteiger charge is 2.00. The highest BCUT2D eigenvalue weighted by atomic mass is 19.1. The molecule has 2 nitrogen and oxygen atoms in total. The van der Waals surface area contributed by atoms with E-state index in [1.165, 1.54) is 12.1 Å². The van der Waals surface area contributed by atoms with Gasteiger partial charge in [-0.1, -0.05) is 25.7 Å². The summed E-state index contributed by atoms with van der Waals surface area (Å²) in [5.74, 6) is 5.70. The van der Waals surface area contributed by atoms with E-state index in [9.17, 15) is 4.39 Å². The molecule has 1 aromatic carbocycles. The van der Waals surface area contributed by atoms with Crippen molar-refractivity contribution in [3.8, 4) is 11.8 Å². The molecule has 1 rings (SSSR count). The monoisotopic (exact) mass is 235 g/mol. The second-order valence-electron chi connectivity index (χ2n) is 4.26. The van der Waals surface area contributed by atoms with Crippen LogP contribution in [-0.4, -0.2) is 13.2 Å². The lowest BCUT2D eigenvalue weighted by Gasteiger charge is -2.07. The van der Waals surface area contributed by atoms with Crippen LogP contribution in [0.5, 0.6) is 0 Å². The topological polar surface area (TPSA) is 35.2 Å². The van der Waals surface area contributed by atoms with Crippen LogP contribution in [0, 0.1) is 23.6 Å². The molecule has 0 saturated heterocycles. The Morgan fingerprint density at radius 1 is 1.35 bits per heavy atom. The average Bonchev–Trinajstić information content (AvgIpc) is 2.25. The molecule has 17 heavy (non-hydrogen) atoms. The lowest BCUT2D eigenvalue weighted by molar-refractivity contribution is 0.0969. The molecular weight excluding hydrogens is 217 g/mol. The molecule has 92 valence electrons. The van der Waals surface area contributed by atoms with Gasteiger partial charge in [-0.05, 0) is 29.7 Å². The third-order valence-corrected chi connectivity index (χ3v) is 2.01. The molecule has 1 aromatic rings. The van der Waals surface area contributed by atoms with Crippen molar-refractivity contribution in [3.05, 3.63) is 35.1 Å². The lowest BCUT2D eigenvalue weighted by atomic mass is 10.1. The van der Waals surface area contributed by atoms with Crippen LogP contribution in [-0.2, 0) is 11.3 Å². The Balaban J connectivity index is 2.68. The number of hydrogen-bond acceptors (Lipinski definition) is 2. The molecule has 0 aliphatic heterocycles. The molecule has 0 fully saturated rings. The molecule has 0 unspecified atom stereocenters. The Kier molecular flexibility index (Phi) is 5.68. The van der Waals surface area contributed by atoms with E-state index in [-0.39, 0.29) is 12.4 Å². The third-order valence-electron chi connectivity index (χ3n) is 2.01. The van der Waals surface area contributed by atoms with Crippen molar-refractivity contribution >= 4 is 0 Å². The molecule has 0 saturated carbocycles. The van der Waals surface area contributed by atoms with Crippen LogP contribution in [0.15, 0.2) is 18.2 Å². The van der Waals surface area contributed by atoms with E-state index in [4.69, 9.17) is 10.5 Å². The minimum absolute atomic E-state index is 0.274.